The van der Waals surface area contributed by atoms with Crippen molar-refractivity contribution in [2.24, 2.45) is 0 Å². The number of fused-ring (bicyclic) bond motifs is 2. The van der Waals surface area contributed by atoms with Gasteiger partial charge >= 0.3 is 13.1 Å². The molecule has 1 atom stereocenters. The zero-order chi connectivity index (χ0) is 23.5. The summed E-state index contributed by atoms with van der Waals surface area (Å²) in [6.07, 6.45) is 2.17. The van der Waals surface area contributed by atoms with Crippen LogP contribution < -0.4 is 10.2 Å². The summed E-state index contributed by atoms with van der Waals surface area (Å²) in [5.41, 5.74) is 2.43. The molecule has 33 heavy (non-hydrogen) atoms. The van der Waals surface area contributed by atoms with Crippen molar-refractivity contribution < 1.29 is 32.8 Å². The van der Waals surface area contributed by atoms with E-state index in [9.17, 15) is 9.18 Å². The van der Waals surface area contributed by atoms with E-state index in [1.54, 1.807) is 24.3 Å². The zero-order valence-electron chi connectivity index (χ0n) is 19.1. The smallest absolute Gasteiger partial charge is 0.485 e. The molecular formula is C25H26BFO6. The molecule has 1 saturated heterocycles. The first-order valence-corrected chi connectivity index (χ1v) is 11.1. The van der Waals surface area contributed by atoms with Crippen LogP contribution in [0.15, 0.2) is 41.0 Å². The van der Waals surface area contributed by atoms with E-state index in [1.165, 1.54) is 12.3 Å². The van der Waals surface area contributed by atoms with Gasteiger partial charge in [0.15, 0.2) is 0 Å². The van der Waals surface area contributed by atoms with E-state index in [1.807, 2.05) is 27.7 Å². The minimum Gasteiger partial charge on any atom is -0.485 e. The lowest BCUT2D eigenvalue weighted by Crippen LogP contribution is -2.41. The quantitative estimate of drug-likeness (QED) is 0.572. The number of carbonyl (C=O) groups is 1. The molecule has 0 spiro atoms. The Bertz CT molecular complexity index is 1230. The Labute approximate surface area is 191 Å². The summed E-state index contributed by atoms with van der Waals surface area (Å²) in [6, 6.07) is 8.46. The Hall–Kier alpha value is -2.84. The molecule has 2 aromatic carbocycles. The van der Waals surface area contributed by atoms with E-state index in [-0.39, 0.29) is 12.2 Å². The van der Waals surface area contributed by atoms with Crippen LogP contribution in [0.5, 0.6) is 5.75 Å². The average Bonchev–Trinajstić information content (AvgIpc) is 3.37. The highest BCUT2D eigenvalue weighted by Gasteiger charge is 2.52. The van der Waals surface area contributed by atoms with Gasteiger partial charge in [-0.3, -0.25) is 4.79 Å². The monoisotopic (exact) mass is 452 g/mol. The Morgan fingerprint density at radius 2 is 1.91 bits per heavy atom. The number of furan rings is 1. The zero-order valence-corrected chi connectivity index (χ0v) is 19.1. The summed E-state index contributed by atoms with van der Waals surface area (Å²) in [5, 5.41) is 9.77. The third-order valence-corrected chi connectivity index (χ3v) is 7.07. The fraction of sp³-hybridized carbons (Fsp3) is 0.400. The maximum Gasteiger partial charge on any atom is 0.495 e. The van der Waals surface area contributed by atoms with Crippen molar-refractivity contribution in [1.82, 2.24) is 0 Å². The maximum atomic E-state index is 15.0. The van der Waals surface area contributed by atoms with Crippen LogP contribution in [0.2, 0.25) is 0 Å². The van der Waals surface area contributed by atoms with Crippen LogP contribution in [-0.4, -0.2) is 29.4 Å². The number of ether oxygens (including phenoxy) is 1. The lowest BCUT2D eigenvalue weighted by molar-refractivity contribution is -0.136. The molecule has 0 radical (unpaired) electrons. The average molecular weight is 452 g/mol. The van der Waals surface area contributed by atoms with Crippen LogP contribution >= 0.6 is 0 Å². The van der Waals surface area contributed by atoms with Gasteiger partial charge in [0.25, 0.3) is 0 Å². The molecule has 1 aromatic heterocycles. The summed E-state index contributed by atoms with van der Waals surface area (Å²) < 4.78 is 39.1. The van der Waals surface area contributed by atoms with E-state index >= 15 is 0 Å². The number of rotatable bonds is 5. The Balaban J connectivity index is 1.42. The lowest BCUT2D eigenvalue weighted by atomic mass is 9.75. The largest absolute Gasteiger partial charge is 0.495 e. The summed E-state index contributed by atoms with van der Waals surface area (Å²) in [4.78, 5) is 11.0. The van der Waals surface area contributed by atoms with Crippen LogP contribution in [-0.2, 0) is 26.9 Å². The SMILES string of the molecule is CC1(C)OB(c2ccc(F)c3c2CCC3Oc2ccc3c(CC(=O)O)coc3c2)OC1(C)C. The normalized spacial score (nSPS) is 20.9. The van der Waals surface area contributed by atoms with Crippen molar-refractivity contribution in [3.05, 3.63) is 59.1 Å². The molecule has 1 aliphatic carbocycles. The van der Waals surface area contributed by atoms with Crippen molar-refractivity contribution >= 4 is 29.5 Å². The van der Waals surface area contributed by atoms with Crippen LogP contribution in [0.1, 0.15) is 56.9 Å². The number of benzene rings is 2. The van der Waals surface area contributed by atoms with Gasteiger partial charge in [-0.1, -0.05) is 6.07 Å². The third-order valence-electron chi connectivity index (χ3n) is 7.07. The van der Waals surface area contributed by atoms with Crippen molar-refractivity contribution in [2.75, 3.05) is 0 Å². The first-order valence-electron chi connectivity index (χ1n) is 11.1. The highest BCUT2D eigenvalue weighted by molar-refractivity contribution is 6.62. The molecule has 2 heterocycles. The molecule has 2 aliphatic rings. The van der Waals surface area contributed by atoms with E-state index in [2.05, 4.69) is 0 Å². The predicted octanol–water partition coefficient (Wildman–Crippen LogP) is 4.56. The number of hydrogen-bond acceptors (Lipinski definition) is 5. The fourth-order valence-electron chi connectivity index (χ4n) is 4.61. The van der Waals surface area contributed by atoms with Gasteiger partial charge in [-0.05, 0) is 69.8 Å². The lowest BCUT2D eigenvalue weighted by Gasteiger charge is -2.32. The molecule has 0 saturated carbocycles. The number of aliphatic carboxylic acids is 1. The molecular weight excluding hydrogens is 426 g/mol. The number of carboxylic acid groups (broad SMARTS) is 1. The fourth-order valence-corrected chi connectivity index (χ4v) is 4.61. The standard InChI is InChI=1S/C25H26BFO6/c1-24(2)25(3,4)33-26(32-24)18-8-9-19(27)23-17(18)7-10-20(23)31-15-5-6-16-14(11-22(28)29)13-30-21(16)12-15/h5-6,8-9,12-13,20H,7,10-11H2,1-4H3,(H,28,29). The third kappa shape index (κ3) is 3.71. The van der Waals surface area contributed by atoms with Crippen LogP contribution in [0.4, 0.5) is 4.39 Å². The van der Waals surface area contributed by atoms with Crippen molar-refractivity contribution in [2.45, 2.75) is 64.3 Å². The summed E-state index contributed by atoms with van der Waals surface area (Å²) in [5.74, 6) is -0.693. The van der Waals surface area contributed by atoms with Gasteiger partial charge in [0.05, 0.1) is 23.9 Å². The van der Waals surface area contributed by atoms with Gasteiger partial charge in [-0.2, -0.15) is 0 Å². The second-order valence-electron chi connectivity index (χ2n) is 9.75. The number of hydrogen-bond donors (Lipinski definition) is 1. The van der Waals surface area contributed by atoms with E-state index in [0.717, 1.165) is 16.4 Å². The molecule has 0 bridgehead atoms. The Morgan fingerprint density at radius 3 is 2.61 bits per heavy atom. The Morgan fingerprint density at radius 1 is 1.18 bits per heavy atom. The summed E-state index contributed by atoms with van der Waals surface area (Å²) >= 11 is 0. The minimum absolute atomic E-state index is 0.115. The molecule has 1 aliphatic heterocycles. The summed E-state index contributed by atoms with van der Waals surface area (Å²) in [6.45, 7) is 7.98. The van der Waals surface area contributed by atoms with E-state index < -0.39 is 30.4 Å². The summed E-state index contributed by atoms with van der Waals surface area (Å²) in [7, 11) is -0.560. The van der Waals surface area contributed by atoms with Gasteiger partial charge in [-0.15, -0.1) is 0 Å². The molecule has 0 amide bonds. The van der Waals surface area contributed by atoms with Crippen molar-refractivity contribution in [3.63, 3.8) is 0 Å². The van der Waals surface area contributed by atoms with Gasteiger partial charge < -0.3 is 23.6 Å². The van der Waals surface area contributed by atoms with Gasteiger partial charge in [-0.25, -0.2) is 4.39 Å². The van der Waals surface area contributed by atoms with Crippen LogP contribution in [0.25, 0.3) is 11.0 Å². The van der Waals surface area contributed by atoms with Gasteiger partial charge in [0.2, 0.25) is 0 Å². The van der Waals surface area contributed by atoms with Crippen LogP contribution in [0, 0.1) is 5.82 Å². The number of carboxylic acids is 1. The molecule has 172 valence electrons. The predicted molar refractivity (Wildman–Crippen MR) is 121 cm³/mol. The highest BCUT2D eigenvalue weighted by atomic mass is 19.1. The van der Waals surface area contributed by atoms with E-state index in [0.29, 0.717) is 35.3 Å². The van der Waals surface area contributed by atoms with Crippen LogP contribution in [0.3, 0.4) is 0 Å². The molecule has 3 aromatic rings. The minimum atomic E-state index is -0.922. The molecule has 6 nitrogen and oxygen atoms in total. The molecule has 1 fully saturated rings. The highest BCUT2D eigenvalue weighted by Crippen LogP contribution is 2.40. The first kappa shape index (κ1) is 22.0. The number of halogens is 1. The maximum absolute atomic E-state index is 15.0. The molecule has 1 N–H and O–H groups in total. The van der Waals surface area contributed by atoms with Crippen molar-refractivity contribution in [1.29, 1.82) is 0 Å². The topological polar surface area (TPSA) is 78.1 Å². The Kier molecular flexibility index (Phi) is 5.06. The van der Waals surface area contributed by atoms with E-state index in [4.69, 9.17) is 23.6 Å². The van der Waals surface area contributed by atoms with Gasteiger partial charge in [0.1, 0.15) is 23.3 Å². The van der Waals surface area contributed by atoms with Gasteiger partial charge in [0, 0.05) is 22.6 Å². The van der Waals surface area contributed by atoms with Crippen molar-refractivity contribution in [3.8, 4) is 5.75 Å². The first-order chi connectivity index (χ1) is 15.6. The molecule has 1 unspecified atom stereocenters. The second-order valence-corrected chi connectivity index (χ2v) is 9.75. The second kappa shape index (κ2) is 7.60. The molecule has 8 heteroatoms. The molecule has 5 rings (SSSR count).